The summed E-state index contributed by atoms with van der Waals surface area (Å²) in [6.45, 7) is 4.36. The zero-order chi connectivity index (χ0) is 22.0. The molecule has 7 heteroatoms. The van der Waals surface area contributed by atoms with Crippen LogP contribution in [0.25, 0.3) is 16.9 Å². The third-order valence-electron chi connectivity index (χ3n) is 4.91. The number of anilines is 2. The van der Waals surface area contributed by atoms with Crippen LogP contribution in [0.3, 0.4) is 0 Å². The van der Waals surface area contributed by atoms with Crippen LogP contribution in [-0.4, -0.2) is 32.8 Å². The number of hydrogen-bond acceptors (Lipinski definition) is 6. The summed E-state index contributed by atoms with van der Waals surface area (Å²) in [4.78, 5) is 16.2. The fraction of sp³-hybridized carbons (Fsp3) is 0.208. The van der Waals surface area contributed by atoms with Gasteiger partial charge in [0, 0.05) is 11.3 Å². The van der Waals surface area contributed by atoms with Crippen molar-refractivity contribution in [3.05, 3.63) is 71.8 Å². The fourth-order valence-electron chi connectivity index (χ4n) is 3.51. The van der Waals surface area contributed by atoms with E-state index in [0.717, 1.165) is 28.9 Å². The number of pyridine rings is 1. The van der Waals surface area contributed by atoms with E-state index in [4.69, 9.17) is 4.74 Å². The molecule has 4 aromatic rings. The van der Waals surface area contributed by atoms with Gasteiger partial charge in [0.05, 0.1) is 18.4 Å². The smallest absolute Gasteiger partial charge is 0.337 e. The molecule has 0 saturated heterocycles. The van der Waals surface area contributed by atoms with Gasteiger partial charge in [0.25, 0.3) is 0 Å². The Labute approximate surface area is 180 Å². The van der Waals surface area contributed by atoms with E-state index >= 15 is 0 Å². The molecule has 2 aromatic heterocycles. The number of phenols is 1. The van der Waals surface area contributed by atoms with Crippen molar-refractivity contribution in [2.45, 2.75) is 20.3 Å². The Morgan fingerprint density at radius 3 is 2.42 bits per heavy atom. The van der Waals surface area contributed by atoms with Crippen LogP contribution in [0.5, 0.6) is 5.75 Å². The molecule has 0 fully saturated rings. The molecule has 0 aliphatic heterocycles. The van der Waals surface area contributed by atoms with Crippen LogP contribution >= 0.6 is 0 Å². The molecule has 0 aliphatic rings. The highest BCUT2D eigenvalue weighted by Crippen LogP contribution is 2.29. The van der Waals surface area contributed by atoms with Crippen molar-refractivity contribution < 1.29 is 14.6 Å². The number of phenolic OH excluding ortho intramolecular Hbond substituents is 1. The Morgan fingerprint density at radius 1 is 1.06 bits per heavy atom. The summed E-state index contributed by atoms with van der Waals surface area (Å²) >= 11 is 0. The summed E-state index contributed by atoms with van der Waals surface area (Å²) < 4.78 is 6.56. The molecular formula is C24H24N4O3. The van der Waals surface area contributed by atoms with E-state index in [9.17, 15) is 9.90 Å². The molecule has 4 rings (SSSR count). The molecule has 0 atom stereocenters. The molecule has 0 saturated carbocycles. The largest absolute Gasteiger partial charge is 0.508 e. The van der Waals surface area contributed by atoms with Crippen LogP contribution in [0.4, 0.5) is 11.6 Å². The Kier molecular flexibility index (Phi) is 5.58. The SMILES string of the molecule is COC(=O)c1ccc(Nc2nc3ccc(CC(C)C)c(-c4ccc(O)cc4)n3n2)cc1. The summed E-state index contributed by atoms with van der Waals surface area (Å²) in [6.07, 6.45) is 0.893. The van der Waals surface area contributed by atoms with Crippen LogP contribution in [0, 0.1) is 5.92 Å². The van der Waals surface area contributed by atoms with Crippen molar-refractivity contribution in [3.8, 4) is 17.0 Å². The van der Waals surface area contributed by atoms with Gasteiger partial charge in [0.15, 0.2) is 5.65 Å². The number of carbonyl (C=O) groups excluding carboxylic acids is 1. The highest BCUT2D eigenvalue weighted by molar-refractivity contribution is 5.89. The molecule has 158 valence electrons. The first-order valence-corrected chi connectivity index (χ1v) is 10.1. The maximum Gasteiger partial charge on any atom is 0.337 e. The van der Waals surface area contributed by atoms with Gasteiger partial charge in [-0.1, -0.05) is 19.9 Å². The van der Waals surface area contributed by atoms with Gasteiger partial charge in [-0.3, -0.25) is 0 Å². The lowest BCUT2D eigenvalue weighted by Gasteiger charge is -2.13. The Morgan fingerprint density at radius 2 is 1.77 bits per heavy atom. The van der Waals surface area contributed by atoms with Crippen molar-refractivity contribution in [1.29, 1.82) is 0 Å². The number of nitrogens with one attached hydrogen (secondary N) is 1. The number of methoxy groups -OCH3 is 1. The third kappa shape index (κ3) is 4.35. The molecule has 0 spiro atoms. The topological polar surface area (TPSA) is 88.8 Å². The van der Waals surface area contributed by atoms with E-state index in [0.29, 0.717) is 23.1 Å². The Hall–Kier alpha value is -3.87. The number of aromatic nitrogens is 3. The van der Waals surface area contributed by atoms with Gasteiger partial charge in [-0.05, 0) is 72.5 Å². The Balaban J connectivity index is 1.73. The van der Waals surface area contributed by atoms with Crippen LogP contribution < -0.4 is 5.32 Å². The molecule has 0 amide bonds. The van der Waals surface area contributed by atoms with E-state index in [2.05, 4.69) is 35.3 Å². The molecule has 31 heavy (non-hydrogen) atoms. The van der Waals surface area contributed by atoms with Crippen molar-refractivity contribution >= 4 is 23.3 Å². The predicted octanol–water partition coefficient (Wildman–Crippen LogP) is 4.83. The predicted molar refractivity (Wildman–Crippen MR) is 120 cm³/mol. The van der Waals surface area contributed by atoms with Crippen molar-refractivity contribution in [3.63, 3.8) is 0 Å². The lowest BCUT2D eigenvalue weighted by molar-refractivity contribution is 0.0601. The number of fused-ring (bicyclic) bond motifs is 1. The second kappa shape index (κ2) is 8.47. The van der Waals surface area contributed by atoms with Gasteiger partial charge in [0.2, 0.25) is 5.95 Å². The average Bonchev–Trinajstić information content (AvgIpc) is 3.16. The third-order valence-corrected chi connectivity index (χ3v) is 4.91. The first-order valence-electron chi connectivity index (χ1n) is 10.1. The summed E-state index contributed by atoms with van der Waals surface area (Å²) in [5.74, 6) is 0.765. The maximum atomic E-state index is 11.6. The fourth-order valence-corrected chi connectivity index (χ4v) is 3.51. The molecule has 0 unspecified atom stereocenters. The summed E-state index contributed by atoms with van der Waals surface area (Å²) in [7, 11) is 1.36. The van der Waals surface area contributed by atoms with Gasteiger partial charge in [-0.2, -0.15) is 4.98 Å². The molecule has 2 N–H and O–H groups in total. The van der Waals surface area contributed by atoms with Crippen molar-refractivity contribution in [2.24, 2.45) is 5.92 Å². The first-order chi connectivity index (χ1) is 14.9. The minimum atomic E-state index is -0.381. The lowest BCUT2D eigenvalue weighted by atomic mass is 9.98. The van der Waals surface area contributed by atoms with Gasteiger partial charge in [-0.15, -0.1) is 5.10 Å². The zero-order valence-electron chi connectivity index (χ0n) is 17.7. The van der Waals surface area contributed by atoms with Gasteiger partial charge in [-0.25, -0.2) is 9.31 Å². The number of rotatable bonds is 6. The average molecular weight is 416 g/mol. The quantitative estimate of drug-likeness (QED) is 0.438. The first kappa shape index (κ1) is 20.4. The number of nitrogens with zero attached hydrogens (tertiary/aromatic N) is 3. The standard InChI is InChI=1S/C24H24N4O3/c1-15(2)14-18-8-13-21-26-24(25-19-9-4-17(5-10-19)23(30)31-3)27-28(21)22(18)16-6-11-20(29)12-7-16/h4-13,15,29H,14H2,1-3H3,(H,25,27). The van der Waals surface area contributed by atoms with E-state index < -0.39 is 0 Å². The molecule has 2 heterocycles. The summed E-state index contributed by atoms with van der Waals surface area (Å²) in [6, 6.07) is 18.1. The molecular weight excluding hydrogens is 392 g/mol. The molecule has 0 aliphatic carbocycles. The minimum Gasteiger partial charge on any atom is -0.508 e. The van der Waals surface area contributed by atoms with E-state index in [1.807, 2.05) is 22.7 Å². The minimum absolute atomic E-state index is 0.220. The Bertz CT molecular complexity index is 1210. The van der Waals surface area contributed by atoms with E-state index in [1.54, 1.807) is 36.4 Å². The second-order valence-corrected chi connectivity index (χ2v) is 7.75. The van der Waals surface area contributed by atoms with E-state index in [1.165, 1.54) is 7.11 Å². The van der Waals surface area contributed by atoms with Crippen LogP contribution in [0.15, 0.2) is 60.7 Å². The molecule has 0 radical (unpaired) electrons. The monoisotopic (exact) mass is 416 g/mol. The highest BCUT2D eigenvalue weighted by atomic mass is 16.5. The van der Waals surface area contributed by atoms with Crippen molar-refractivity contribution in [1.82, 2.24) is 14.6 Å². The summed E-state index contributed by atoms with van der Waals surface area (Å²) in [5, 5.41) is 17.6. The highest BCUT2D eigenvalue weighted by Gasteiger charge is 2.15. The van der Waals surface area contributed by atoms with Gasteiger partial charge in [0.1, 0.15) is 5.75 Å². The van der Waals surface area contributed by atoms with Crippen molar-refractivity contribution in [2.75, 3.05) is 12.4 Å². The number of carbonyl (C=O) groups is 1. The zero-order valence-corrected chi connectivity index (χ0v) is 17.7. The number of hydrogen-bond donors (Lipinski definition) is 2. The van der Waals surface area contributed by atoms with Crippen LogP contribution in [-0.2, 0) is 11.2 Å². The second-order valence-electron chi connectivity index (χ2n) is 7.75. The lowest BCUT2D eigenvalue weighted by Crippen LogP contribution is -2.03. The number of ether oxygens (including phenoxy) is 1. The molecule has 2 aromatic carbocycles. The number of aromatic hydroxyl groups is 1. The van der Waals surface area contributed by atoms with Gasteiger partial charge < -0.3 is 15.2 Å². The van der Waals surface area contributed by atoms with E-state index in [-0.39, 0.29) is 11.7 Å². The van der Waals surface area contributed by atoms with Crippen LogP contribution in [0.2, 0.25) is 0 Å². The summed E-state index contributed by atoms with van der Waals surface area (Å²) in [5.41, 5.74) is 5.02. The normalized spacial score (nSPS) is 11.1. The molecule has 0 bridgehead atoms. The maximum absolute atomic E-state index is 11.6. The van der Waals surface area contributed by atoms with Crippen LogP contribution in [0.1, 0.15) is 29.8 Å². The number of esters is 1. The van der Waals surface area contributed by atoms with Gasteiger partial charge >= 0.3 is 5.97 Å². The molecule has 7 nitrogen and oxygen atoms in total. The number of benzene rings is 2.